The van der Waals surface area contributed by atoms with E-state index in [1.54, 1.807) is 11.3 Å². The predicted molar refractivity (Wildman–Crippen MR) is 200 cm³/mol. The second-order valence-corrected chi connectivity index (χ2v) is 12.4. The zero-order chi connectivity index (χ0) is 30.0. The number of nitrogens with one attached hydrogen (secondary N) is 2. The Balaban J connectivity index is 0.000000140. The molecule has 1 aliphatic carbocycles. The van der Waals surface area contributed by atoms with Crippen molar-refractivity contribution in [3.63, 3.8) is 0 Å². The molecule has 6 nitrogen and oxygen atoms in total. The number of aromatic nitrogens is 6. The summed E-state index contributed by atoms with van der Waals surface area (Å²) >= 11 is 3.07. The average molecular weight is 707 g/mol. The van der Waals surface area contributed by atoms with E-state index >= 15 is 0 Å². The van der Waals surface area contributed by atoms with Crippen LogP contribution in [0, 0.1) is 0 Å². The van der Waals surface area contributed by atoms with Gasteiger partial charge in [-0.25, -0.2) is 9.97 Å². The van der Waals surface area contributed by atoms with Crippen molar-refractivity contribution in [2.75, 3.05) is 0 Å². The molecule has 0 amide bonds. The Morgan fingerprint density at radius 1 is 0.553 bits per heavy atom. The molecule has 7 aromatic rings. The second kappa shape index (κ2) is 14.4. The van der Waals surface area contributed by atoms with Crippen LogP contribution in [0.2, 0.25) is 0 Å². The second-order valence-electron chi connectivity index (χ2n) is 10.8. The molecule has 10 rings (SSSR count). The van der Waals surface area contributed by atoms with Gasteiger partial charge in [0.25, 0.3) is 0 Å². The summed E-state index contributed by atoms with van der Waals surface area (Å²) < 4.78 is 4.95. The monoisotopic (exact) mass is 706 g/mol. The number of aromatic amines is 2. The van der Waals surface area contributed by atoms with Crippen LogP contribution in [0.3, 0.4) is 0 Å². The van der Waals surface area contributed by atoms with Gasteiger partial charge in [0.1, 0.15) is 0 Å². The molecule has 2 aromatic carbocycles. The van der Waals surface area contributed by atoms with E-state index in [1.165, 1.54) is 38.5 Å². The quantitative estimate of drug-likeness (QED) is 0.156. The number of H-pyrrole nitrogens is 2. The van der Waals surface area contributed by atoms with Crippen molar-refractivity contribution in [3.05, 3.63) is 142 Å². The van der Waals surface area contributed by atoms with Crippen LogP contribution in [0.5, 0.6) is 0 Å². The molecule has 2 aliphatic heterocycles. The van der Waals surface area contributed by atoms with Gasteiger partial charge in [0.15, 0.2) is 4.83 Å². The van der Waals surface area contributed by atoms with Crippen LogP contribution in [-0.2, 0) is 23.5 Å². The van der Waals surface area contributed by atoms with E-state index in [1.807, 2.05) is 60.0 Å². The summed E-state index contributed by atoms with van der Waals surface area (Å²) in [7, 11) is 0. The molecule has 8 bridgehead atoms. The molecule has 47 heavy (non-hydrogen) atoms. The Hall–Kier alpha value is -4.70. The number of hydrogen-bond acceptors (Lipinski definition) is 6. The van der Waals surface area contributed by atoms with Gasteiger partial charge in [-0.2, -0.15) is 0 Å². The summed E-state index contributed by atoms with van der Waals surface area (Å²) in [6, 6.07) is 35.7. The zero-order valence-corrected chi connectivity index (χ0v) is 27.1. The first-order chi connectivity index (χ1) is 22.2. The summed E-state index contributed by atoms with van der Waals surface area (Å²) in [4.78, 5) is 17.1. The Kier molecular flexibility index (Phi) is 9.86. The van der Waals surface area contributed by atoms with Crippen molar-refractivity contribution < 1.29 is 17.1 Å². The molecule has 0 saturated carbocycles. The van der Waals surface area contributed by atoms with Gasteiger partial charge >= 0.3 is 0 Å². The van der Waals surface area contributed by atoms with Crippen LogP contribution >= 0.6 is 22.9 Å². The molecule has 232 valence electrons. The first-order valence-electron chi connectivity index (χ1n) is 14.6. The first kappa shape index (κ1) is 32.2. The van der Waals surface area contributed by atoms with E-state index in [-0.39, 0.29) is 28.0 Å². The van der Waals surface area contributed by atoms with Crippen LogP contribution in [0.25, 0.3) is 67.0 Å². The molecule has 0 spiro atoms. The minimum atomic E-state index is 0. The van der Waals surface area contributed by atoms with E-state index in [0.717, 1.165) is 56.1 Å². The number of benzene rings is 2. The van der Waals surface area contributed by atoms with Crippen LogP contribution in [0.4, 0.5) is 0 Å². The third-order valence-corrected chi connectivity index (χ3v) is 9.24. The minimum Gasteiger partial charge on any atom is -0.355 e. The fourth-order valence-corrected chi connectivity index (χ4v) is 7.01. The number of thiophene rings is 1. The maximum Gasteiger partial charge on any atom is 0.158 e. The van der Waals surface area contributed by atoms with E-state index in [0.29, 0.717) is 0 Å². The van der Waals surface area contributed by atoms with Gasteiger partial charge in [-0.1, -0.05) is 53.0 Å². The van der Waals surface area contributed by atoms with E-state index in [4.69, 9.17) is 0 Å². The summed E-state index contributed by atoms with van der Waals surface area (Å²) in [5.74, 6) is 0. The van der Waals surface area contributed by atoms with Crippen LogP contribution in [-0.4, -0.2) is 40.5 Å². The average Bonchev–Trinajstić information content (AvgIpc) is 3.89. The molecule has 10 heteroatoms. The Bertz CT molecular complexity index is 2130. The Morgan fingerprint density at radius 2 is 1.00 bits per heavy atom. The van der Waals surface area contributed by atoms with E-state index in [2.05, 4.69) is 102 Å². The smallest absolute Gasteiger partial charge is 0.158 e. The fraction of sp³-hybridized carbons (Fsp3) is 0.0270. The molecule has 0 radical (unpaired) electrons. The summed E-state index contributed by atoms with van der Waals surface area (Å²) in [5.41, 5.74) is 13.6. The van der Waals surface area contributed by atoms with Gasteiger partial charge < -0.3 is 9.97 Å². The van der Waals surface area contributed by atoms with Crippen molar-refractivity contribution in [2.45, 2.75) is 6.42 Å². The fourth-order valence-electron chi connectivity index (χ4n) is 5.56. The molecule has 0 unspecified atom stereocenters. The summed E-state index contributed by atoms with van der Waals surface area (Å²) in [5, 5.41) is 5.89. The number of fused-ring (bicyclic) bond motifs is 12. The van der Waals surface area contributed by atoms with Gasteiger partial charge in [-0.3, -0.25) is 0 Å². The van der Waals surface area contributed by atoms with Crippen LogP contribution in [0.1, 0.15) is 33.9 Å². The van der Waals surface area contributed by atoms with Crippen molar-refractivity contribution in [2.24, 2.45) is 0 Å². The molecule has 0 fully saturated rings. The molecular formula is C37H30FeN6S2Si. The van der Waals surface area contributed by atoms with Gasteiger partial charge in [0.05, 0.1) is 27.5 Å². The molecular weight excluding hydrogens is 677 g/mol. The maximum atomic E-state index is 4.63. The zero-order valence-electron chi connectivity index (χ0n) is 24.4. The summed E-state index contributed by atoms with van der Waals surface area (Å²) in [6.45, 7) is 0. The van der Waals surface area contributed by atoms with E-state index in [9.17, 15) is 0 Å². The largest absolute Gasteiger partial charge is 0.355 e. The van der Waals surface area contributed by atoms with E-state index < -0.39 is 0 Å². The molecule has 0 atom stereocenters. The minimum absolute atomic E-state index is 0. The topological polar surface area (TPSA) is 83.1 Å². The van der Waals surface area contributed by atoms with Gasteiger partial charge in [-0.15, -0.1) is 16.4 Å². The Morgan fingerprint density at radius 3 is 1.45 bits per heavy atom. The van der Waals surface area contributed by atoms with Crippen LogP contribution in [0.15, 0.2) is 109 Å². The number of hydrogen-bond donors (Lipinski definition) is 2. The number of nitrogens with zero attached hydrogens (tertiary/aromatic N) is 4. The first-order valence-corrected chi connectivity index (χ1v) is 16.2. The normalized spacial score (nSPS) is 11.7. The molecule has 0 saturated heterocycles. The summed E-state index contributed by atoms with van der Waals surface area (Å²) in [6.07, 6.45) is 9.19. The number of rotatable bonds is 0. The standard InChI is InChI=1S/C20H14N4.C13H10.C4H2N2S2.Fe.H4Si/c1-2-14-10-16-5-6-18(23-16)12-20-8-7-19(24-20)11-17-4-3-15(22-17)9-13(1)21-14;1-3-7-12-10(5-1)9-11-6-2-4-8-13(11)12;1-2-7-4-3(1)8-6-5-4;;/h1-12,21,24H;1-8H,9H2;1-2H;;1H4. The van der Waals surface area contributed by atoms with Crippen molar-refractivity contribution in [3.8, 4) is 11.1 Å². The Labute approximate surface area is 294 Å². The van der Waals surface area contributed by atoms with Gasteiger partial charge in [0.2, 0.25) is 0 Å². The van der Waals surface area contributed by atoms with Crippen molar-refractivity contribution >= 4 is 89.7 Å². The predicted octanol–water partition coefficient (Wildman–Crippen LogP) is 8.21. The van der Waals surface area contributed by atoms with Crippen LogP contribution < -0.4 is 0 Å². The molecule has 3 aliphatic rings. The van der Waals surface area contributed by atoms with Crippen molar-refractivity contribution in [1.29, 1.82) is 0 Å². The van der Waals surface area contributed by atoms with Gasteiger partial charge in [0, 0.05) is 39.1 Å². The third kappa shape index (κ3) is 7.33. The van der Waals surface area contributed by atoms with Gasteiger partial charge in [-0.05, 0) is 135 Å². The molecule has 5 aromatic heterocycles. The SMILES string of the molecule is C1=Cc2cc3ccc(cc4nc(cc5ccc(cc1n2)[nH]5)C=C4)[nH]3.[Fe].[SiH4].c1cc2snnc2s1.c1ccc2c(c1)Cc1ccccc1-2. The maximum absolute atomic E-state index is 4.63. The third-order valence-electron chi connectivity index (χ3n) is 7.63. The molecule has 2 N–H and O–H groups in total. The van der Waals surface area contributed by atoms with Crippen molar-refractivity contribution in [1.82, 2.24) is 29.5 Å². The molecule has 7 heterocycles.